The molecule has 0 unspecified atom stereocenters. The maximum atomic E-state index is 12.2. The first kappa shape index (κ1) is 19.2. The molecule has 0 fully saturated rings. The van der Waals surface area contributed by atoms with Crippen LogP contribution in [0.25, 0.3) is 0 Å². The van der Waals surface area contributed by atoms with Gasteiger partial charge in [0.25, 0.3) is 0 Å². The van der Waals surface area contributed by atoms with E-state index in [9.17, 15) is 8.42 Å². The van der Waals surface area contributed by atoms with Gasteiger partial charge in [0.15, 0.2) is 0 Å². The van der Waals surface area contributed by atoms with Crippen LogP contribution in [-0.2, 0) is 27.6 Å². The van der Waals surface area contributed by atoms with E-state index in [1.54, 1.807) is 24.3 Å². The Morgan fingerprint density at radius 2 is 1.72 bits per heavy atom. The van der Waals surface area contributed by atoms with Crippen molar-refractivity contribution in [1.82, 2.24) is 4.72 Å². The van der Waals surface area contributed by atoms with Gasteiger partial charge in [0, 0.05) is 6.54 Å². The quantitative estimate of drug-likeness (QED) is 0.861. The molecule has 25 heavy (non-hydrogen) atoms. The minimum absolute atomic E-state index is 0.109. The van der Waals surface area contributed by atoms with E-state index >= 15 is 0 Å². The zero-order chi connectivity index (χ0) is 18.5. The highest BCUT2D eigenvalue weighted by Gasteiger charge is 2.14. The summed E-state index contributed by atoms with van der Waals surface area (Å²) in [4.78, 5) is 0. The van der Waals surface area contributed by atoms with Crippen LogP contribution in [0.2, 0.25) is 0 Å². The normalized spacial score (nSPS) is 11.9. The molecule has 2 aromatic carbocycles. The highest BCUT2D eigenvalue weighted by molar-refractivity contribution is 7.88. The predicted molar refractivity (Wildman–Crippen MR) is 101 cm³/mol. The highest BCUT2D eigenvalue weighted by Crippen LogP contribution is 2.22. The average Bonchev–Trinajstić information content (AvgIpc) is 2.54. The number of rotatable bonds is 6. The van der Waals surface area contributed by atoms with E-state index in [4.69, 9.17) is 5.26 Å². The zero-order valence-corrected chi connectivity index (χ0v) is 15.7. The number of benzene rings is 2. The van der Waals surface area contributed by atoms with Crippen molar-refractivity contribution < 1.29 is 8.42 Å². The standard InChI is InChI=1S/C20H24N2O2S/c1-20(2,3)19-9-7-16(8-10-19)11-12-22-25(23,24)15-18-6-4-5-17(13-18)14-21/h4-10,13,22H,11-12,15H2,1-3H3. The number of nitriles is 1. The van der Waals surface area contributed by atoms with E-state index in [0.29, 0.717) is 24.1 Å². The molecule has 0 saturated carbocycles. The molecular weight excluding hydrogens is 332 g/mol. The summed E-state index contributed by atoms with van der Waals surface area (Å²) < 4.78 is 27.0. The Balaban J connectivity index is 1.90. The molecule has 4 nitrogen and oxygen atoms in total. The monoisotopic (exact) mass is 356 g/mol. The van der Waals surface area contributed by atoms with Gasteiger partial charge < -0.3 is 0 Å². The van der Waals surface area contributed by atoms with Gasteiger partial charge in [-0.3, -0.25) is 0 Å². The summed E-state index contributed by atoms with van der Waals surface area (Å²) in [6, 6.07) is 17.0. The van der Waals surface area contributed by atoms with Crippen LogP contribution in [0.3, 0.4) is 0 Å². The Kier molecular flexibility index (Phi) is 5.99. The number of nitrogens with one attached hydrogen (secondary N) is 1. The maximum Gasteiger partial charge on any atom is 0.215 e. The molecule has 2 rings (SSSR count). The molecule has 0 heterocycles. The van der Waals surface area contributed by atoms with E-state index in [1.807, 2.05) is 18.2 Å². The molecule has 0 aliphatic rings. The maximum absolute atomic E-state index is 12.2. The van der Waals surface area contributed by atoms with Gasteiger partial charge in [-0.2, -0.15) is 5.26 Å². The van der Waals surface area contributed by atoms with Gasteiger partial charge in [-0.05, 0) is 40.7 Å². The summed E-state index contributed by atoms with van der Waals surface area (Å²) >= 11 is 0. The molecule has 0 saturated heterocycles. The van der Waals surface area contributed by atoms with Crippen LogP contribution in [0.15, 0.2) is 48.5 Å². The summed E-state index contributed by atoms with van der Waals surface area (Å²) in [5, 5.41) is 8.88. The fraction of sp³-hybridized carbons (Fsp3) is 0.350. The fourth-order valence-corrected chi connectivity index (χ4v) is 3.66. The van der Waals surface area contributed by atoms with Crippen LogP contribution < -0.4 is 4.72 Å². The minimum Gasteiger partial charge on any atom is -0.215 e. The van der Waals surface area contributed by atoms with Crippen molar-refractivity contribution in [3.8, 4) is 6.07 Å². The smallest absolute Gasteiger partial charge is 0.215 e. The Hall–Kier alpha value is -2.16. The van der Waals surface area contributed by atoms with E-state index in [0.717, 1.165) is 5.56 Å². The van der Waals surface area contributed by atoms with Crippen LogP contribution in [0.4, 0.5) is 0 Å². The van der Waals surface area contributed by atoms with Crippen LogP contribution in [-0.4, -0.2) is 15.0 Å². The molecule has 2 aromatic rings. The summed E-state index contributed by atoms with van der Waals surface area (Å²) in [6.07, 6.45) is 0.641. The van der Waals surface area contributed by atoms with Crippen molar-refractivity contribution in [2.24, 2.45) is 0 Å². The third kappa shape index (κ3) is 6.00. The Morgan fingerprint density at radius 1 is 1.04 bits per heavy atom. The molecular formula is C20H24N2O2S. The van der Waals surface area contributed by atoms with Gasteiger partial charge in [0.2, 0.25) is 10.0 Å². The summed E-state index contributed by atoms with van der Waals surface area (Å²) in [7, 11) is -3.42. The summed E-state index contributed by atoms with van der Waals surface area (Å²) in [6.45, 7) is 6.85. The number of nitrogens with zero attached hydrogens (tertiary/aromatic N) is 1. The lowest BCUT2D eigenvalue weighted by Gasteiger charge is -2.19. The van der Waals surface area contributed by atoms with Gasteiger partial charge in [-0.1, -0.05) is 57.2 Å². The van der Waals surface area contributed by atoms with Crippen LogP contribution in [0.5, 0.6) is 0 Å². The lowest BCUT2D eigenvalue weighted by atomic mass is 9.86. The SMILES string of the molecule is CC(C)(C)c1ccc(CCNS(=O)(=O)Cc2cccc(C#N)c2)cc1. The summed E-state index contributed by atoms with van der Waals surface area (Å²) in [5.74, 6) is -0.120. The zero-order valence-electron chi connectivity index (χ0n) is 14.9. The summed E-state index contributed by atoms with van der Waals surface area (Å²) in [5.41, 5.74) is 3.54. The molecule has 0 spiro atoms. The Labute approximate surface area is 150 Å². The fourth-order valence-electron chi connectivity index (χ4n) is 2.52. The molecule has 0 aliphatic heterocycles. The molecule has 132 valence electrons. The number of hydrogen-bond acceptors (Lipinski definition) is 3. The minimum atomic E-state index is -3.42. The van der Waals surface area contributed by atoms with Crippen LogP contribution in [0, 0.1) is 11.3 Å². The van der Waals surface area contributed by atoms with Gasteiger partial charge in [-0.15, -0.1) is 0 Å². The van der Waals surface area contributed by atoms with E-state index in [-0.39, 0.29) is 11.2 Å². The Morgan fingerprint density at radius 3 is 2.32 bits per heavy atom. The second-order valence-electron chi connectivity index (χ2n) is 7.16. The first-order valence-electron chi connectivity index (χ1n) is 8.25. The lowest BCUT2D eigenvalue weighted by molar-refractivity contribution is 0.580. The third-order valence-electron chi connectivity index (χ3n) is 3.97. The van der Waals surface area contributed by atoms with Gasteiger partial charge in [-0.25, -0.2) is 13.1 Å². The number of hydrogen-bond donors (Lipinski definition) is 1. The van der Waals surface area contributed by atoms with E-state index in [1.165, 1.54) is 5.56 Å². The van der Waals surface area contributed by atoms with Crippen molar-refractivity contribution >= 4 is 10.0 Å². The second-order valence-corrected chi connectivity index (χ2v) is 8.97. The first-order chi connectivity index (χ1) is 11.7. The third-order valence-corrected chi connectivity index (χ3v) is 5.33. The Bertz CT molecular complexity index is 858. The largest absolute Gasteiger partial charge is 0.215 e. The molecule has 1 N–H and O–H groups in total. The van der Waals surface area contributed by atoms with Crippen LogP contribution >= 0.6 is 0 Å². The first-order valence-corrected chi connectivity index (χ1v) is 9.91. The van der Waals surface area contributed by atoms with Gasteiger partial charge >= 0.3 is 0 Å². The molecule has 0 amide bonds. The average molecular weight is 356 g/mol. The van der Waals surface area contributed by atoms with Crippen molar-refractivity contribution in [3.05, 3.63) is 70.8 Å². The molecule has 0 aromatic heterocycles. The van der Waals surface area contributed by atoms with Crippen molar-refractivity contribution in [2.75, 3.05) is 6.54 Å². The predicted octanol–water partition coefficient (Wildman–Crippen LogP) is 3.52. The highest BCUT2D eigenvalue weighted by atomic mass is 32.2. The molecule has 5 heteroatoms. The van der Waals surface area contributed by atoms with Crippen molar-refractivity contribution in [3.63, 3.8) is 0 Å². The van der Waals surface area contributed by atoms with Crippen molar-refractivity contribution in [1.29, 1.82) is 5.26 Å². The van der Waals surface area contributed by atoms with Gasteiger partial charge in [0.05, 0.1) is 17.4 Å². The van der Waals surface area contributed by atoms with E-state index < -0.39 is 10.0 Å². The van der Waals surface area contributed by atoms with Crippen LogP contribution in [0.1, 0.15) is 43.0 Å². The van der Waals surface area contributed by atoms with E-state index in [2.05, 4.69) is 37.6 Å². The van der Waals surface area contributed by atoms with Crippen molar-refractivity contribution in [2.45, 2.75) is 38.4 Å². The van der Waals surface area contributed by atoms with Gasteiger partial charge in [0.1, 0.15) is 0 Å². The molecule has 0 bridgehead atoms. The number of sulfonamides is 1. The topological polar surface area (TPSA) is 70.0 Å². The lowest BCUT2D eigenvalue weighted by Crippen LogP contribution is -2.27. The molecule has 0 radical (unpaired) electrons. The second kappa shape index (κ2) is 7.81. The molecule has 0 aliphatic carbocycles. The molecule has 0 atom stereocenters.